The van der Waals surface area contributed by atoms with Gasteiger partial charge in [0.15, 0.2) is 0 Å². The molecule has 13 heavy (non-hydrogen) atoms. The van der Waals surface area contributed by atoms with Crippen molar-refractivity contribution in [2.75, 3.05) is 0 Å². The molecule has 0 atom stereocenters. The molecule has 1 aromatic heterocycles. The van der Waals surface area contributed by atoms with Crippen LogP contribution in [0, 0.1) is 0 Å². The third-order valence-corrected chi connectivity index (χ3v) is 2.09. The highest BCUT2D eigenvalue weighted by Crippen LogP contribution is 2.28. The summed E-state index contributed by atoms with van der Waals surface area (Å²) >= 11 is 2.97. The molecule has 0 unspecified atom stereocenters. The molecule has 0 aliphatic heterocycles. The SMILES string of the molecule is O=c1cc(CBr)c(O)c(C(F)F)[nH]1. The standard InChI is InChI=1S/C7H6BrF2NO2/c8-2-3-1-4(12)11-5(6(3)13)7(9)10/h1,7,13H,2H2,(H,11,12). The van der Waals surface area contributed by atoms with E-state index in [0.29, 0.717) is 0 Å². The lowest BCUT2D eigenvalue weighted by atomic mass is 10.2. The van der Waals surface area contributed by atoms with Gasteiger partial charge >= 0.3 is 0 Å². The van der Waals surface area contributed by atoms with Crippen molar-refractivity contribution in [2.45, 2.75) is 11.8 Å². The Kier molecular flexibility index (Phi) is 3.02. The molecule has 0 saturated carbocycles. The number of nitrogens with one attached hydrogen (secondary N) is 1. The molecule has 1 aromatic rings. The summed E-state index contributed by atoms with van der Waals surface area (Å²) in [6.07, 6.45) is -2.88. The van der Waals surface area contributed by atoms with E-state index in [4.69, 9.17) is 0 Å². The number of alkyl halides is 3. The zero-order valence-corrected chi connectivity index (χ0v) is 7.94. The molecule has 0 saturated heterocycles. The molecule has 0 amide bonds. The molecule has 0 aliphatic rings. The van der Waals surface area contributed by atoms with Crippen LogP contribution in [-0.4, -0.2) is 10.1 Å². The first-order valence-corrected chi connectivity index (χ1v) is 4.47. The maximum Gasteiger partial charge on any atom is 0.282 e. The van der Waals surface area contributed by atoms with Crippen LogP contribution in [0.4, 0.5) is 8.78 Å². The predicted octanol–water partition coefficient (Wildman–Crippen LogP) is 1.91. The molecule has 3 nitrogen and oxygen atoms in total. The van der Waals surface area contributed by atoms with Gasteiger partial charge in [0.25, 0.3) is 6.43 Å². The van der Waals surface area contributed by atoms with Crippen molar-refractivity contribution in [3.63, 3.8) is 0 Å². The van der Waals surface area contributed by atoms with Crippen LogP contribution in [0.15, 0.2) is 10.9 Å². The van der Waals surface area contributed by atoms with E-state index in [-0.39, 0.29) is 10.9 Å². The van der Waals surface area contributed by atoms with E-state index >= 15 is 0 Å². The minimum absolute atomic E-state index is 0.152. The van der Waals surface area contributed by atoms with Gasteiger partial charge in [-0.2, -0.15) is 0 Å². The van der Waals surface area contributed by atoms with Crippen molar-refractivity contribution < 1.29 is 13.9 Å². The normalized spacial score (nSPS) is 10.8. The Balaban J connectivity index is 3.36. The van der Waals surface area contributed by atoms with Crippen molar-refractivity contribution in [3.05, 3.63) is 27.7 Å². The predicted molar refractivity (Wildman–Crippen MR) is 46.3 cm³/mol. The average molecular weight is 254 g/mol. The highest BCUT2D eigenvalue weighted by Gasteiger charge is 2.16. The van der Waals surface area contributed by atoms with Crippen LogP contribution < -0.4 is 5.56 Å². The number of halogens is 3. The first-order chi connectivity index (χ1) is 6.06. The van der Waals surface area contributed by atoms with E-state index in [1.165, 1.54) is 0 Å². The molecule has 0 spiro atoms. The van der Waals surface area contributed by atoms with Gasteiger partial charge in [0, 0.05) is 17.0 Å². The number of aromatic amines is 1. The third-order valence-electron chi connectivity index (χ3n) is 1.48. The number of hydrogen-bond donors (Lipinski definition) is 2. The van der Waals surface area contributed by atoms with Gasteiger partial charge in [-0.15, -0.1) is 0 Å². The minimum Gasteiger partial charge on any atom is -0.506 e. The van der Waals surface area contributed by atoms with Crippen molar-refractivity contribution >= 4 is 15.9 Å². The van der Waals surface area contributed by atoms with Crippen molar-refractivity contribution in [3.8, 4) is 5.75 Å². The van der Waals surface area contributed by atoms with Crippen LogP contribution in [0.3, 0.4) is 0 Å². The number of hydrogen-bond acceptors (Lipinski definition) is 2. The quantitative estimate of drug-likeness (QED) is 0.792. The second kappa shape index (κ2) is 3.87. The van der Waals surface area contributed by atoms with Crippen LogP contribution in [-0.2, 0) is 5.33 Å². The topological polar surface area (TPSA) is 53.1 Å². The maximum absolute atomic E-state index is 12.2. The van der Waals surface area contributed by atoms with Gasteiger partial charge in [-0.3, -0.25) is 4.79 Å². The van der Waals surface area contributed by atoms with Crippen LogP contribution in [0.1, 0.15) is 17.7 Å². The highest BCUT2D eigenvalue weighted by molar-refractivity contribution is 9.08. The summed E-state index contributed by atoms with van der Waals surface area (Å²) in [4.78, 5) is 12.7. The van der Waals surface area contributed by atoms with E-state index in [1.807, 2.05) is 4.98 Å². The number of aromatic nitrogens is 1. The van der Waals surface area contributed by atoms with Crippen molar-refractivity contribution in [1.29, 1.82) is 0 Å². The number of aromatic hydroxyl groups is 1. The van der Waals surface area contributed by atoms with E-state index in [9.17, 15) is 18.7 Å². The Hall–Kier alpha value is -0.910. The van der Waals surface area contributed by atoms with Crippen LogP contribution in [0.2, 0.25) is 0 Å². The molecule has 0 aliphatic carbocycles. The van der Waals surface area contributed by atoms with Gasteiger partial charge < -0.3 is 10.1 Å². The zero-order chi connectivity index (χ0) is 10.0. The Morgan fingerprint density at radius 2 is 2.23 bits per heavy atom. The molecule has 1 rings (SSSR count). The van der Waals surface area contributed by atoms with Gasteiger partial charge in [0.2, 0.25) is 5.56 Å². The second-order valence-corrected chi connectivity index (χ2v) is 2.92. The molecule has 0 aromatic carbocycles. The fraction of sp³-hybridized carbons (Fsp3) is 0.286. The summed E-state index contributed by atoms with van der Waals surface area (Å²) in [5, 5.41) is 9.36. The largest absolute Gasteiger partial charge is 0.506 e. The monoisotopic (exact) mass is 253 g/mol. The zero-order valence-electron chi connectivity index (χ0n) is 6.35. The number of rotatable bonds is 2. The van der Waals surface area contributed by atoms with Gasteiger partial charge in [-0.05, 0) is 0 Å². The maximum atomic E-state index is 12.2. The Bertz CT molecular complexity index is 364. The first-order valence-electron chi connectivity index (χ1n) is 3.35. The fourth-order valence-corrected chi connectivity index (χ4v) is 1.31. The van der Waals surface area contributed by atoms with E-state index in [0.717, 1.165) is 6.07 Å². The molecular weight excluding hydrogens is 248 g/mol. The van der Waals surface area contributed by atoms with Gasteiger partial charge in [0.1, 0.15) is 11.4 Å². The molecule has 72 valence electrons. The lowest BCUT2D eigenvalue weighted by Crippen LogP contribution is -2.09. The summed E-state index contributed by atoms with van der Waals surface area (Å²) in [5.41, 5.74) is -1.23. The summed E-state index contributed by atoms with van der Waals surface area (Å²) in [5.74, 6) is -0.563. The van der Waals surface area contributed by atoms with E-state index < -0.39 is 23.4 Å². The fourth-order valence-electron chi connectivity index (χ4n) is 0.887. The van der Waals surface area contributed by atoms with Crippen molar-refractivity contribution in [1.82, 2.24) is 4.98 Å². The second-order valence-electron chi connectivity index (χ2n) is 2.36. The molecule has 6 heteroatoms. The molecule has 1 heterocycles. The number of H-pyrrole nitrogens is 1. The summed E-state index contributed by atoms with van der Waals surface area (Å²) < 4.78 is 24.4. The molecular formula is C7H6BrF2NO2. The molecule has 0 bridgehead atoms. The van der Waals surface area contributed by atoms with Gasteiger partial charge in [-0.1, -0.05) is 15.9 Å². The highest BCUT2D eigenvalue weighted by atomic mass is 79.9. The summed E-state index contributed by atoms with van der Waals surface area (Å²) in [7, 11) is 0. The Morgan fingerprint density at radius 3 is 2.69 bits per heavy atom. The van der Waals surface area contributed by atoms with Crippen molar-refractivity contribution in [2.24, 2.45) is 0 Å². The molecule has 2 N–H and O–H groups in total. The van der Waals surface area contributed by atoms with Crippen LogP contribution in [0.25, 0.3) is 0 Å². The van der Waals surface area contributed by atoms with Gasteiger partial charge in [-0.25, -0.2) is 8.78 Å². The lowest BCUT2D eigenvalue weighted by molar-refractivity contribution is 0.141. The number of pyridine rings is 1. The van der Waals surface area contributed by atoms with E-state index in [2.05, 4.69) is 15.9 Å². The minimum atomic E-state index is -2.88. The third kappa shape index (κ3) is 2.06. The Morgan fingerprint density at radius 1 is 1.62 bits per heavy atom. The summed E-state index contributed by atoms with van der Waals surface area (Å²) in [6.45, 7) is 0. The summed E-state index contributed by atoms with van der Waals surface area (Å²) in [6, 6.07) is 1.07. The lowest BCUT2D eigenvalue weighted by Gasteiger charge is -2.05. The molecule has 0 fully saturated rings. The smallest absolute Gasteiger partial charge is 0.282 e. The average Bonchev–Trinajstić information content (AvgIpc) is 2.08. The first kappa shape index (κ1) is 10.2. The van der Waals surface area contributed by atoms with Gasteiger partial charge in [0.05, 0.1) is 0 Å². The van der Waals surface area contributed by atoms with E-state index in [1.54, 1.807) is 0 Å². The van der Waals surface area contributed by atoms with Crippen LogP contribution >= 0.6 is 15.9 Å². The van der Waals surface area contributed by atoms with Crippen LogP contribution in [0.5, 0.6) is 5.75 Å². The molecule has 0 radical (unpaired) electrons. The Labute approximate surface area is 80.5 Å².